The van der Waals surface area contributed by atoms with Crippen molar-refractivity contribution in [2.75, 3.05) is 25.5 Å². The lowest BCUT2D eigenvalue weighted by Gasteiger charge is -2.28. The minimum Gasteiger partial charge on any atom is -0.373 e. The van der Waals surface area contributed by atoms with Crippen LogP contribution in [0, 0.1) is 11.6 Å². The molecule has 3 aromatic heterocycles. The van der Waals surface area contributed by atoms with Crippen molar-refractivity contribution in [2.45, 2.75) is 57.8 Å². The van der Waals surface area contributed by atoms with E-state index in [1.165, 1.54) is 6.07 Å². The quantitative estimate of drug-likeness (QED) is 0.375. The van der Waals surface area contributed by atoms with Gasteiger partial charge in [0.15, 0.2) is 11.6 Å². The minimum atomic E-state index is -0.635. The van der Waals surface area contributed by atoms with Gasteiger partial charge < -0.3 is 19.5 Å². The van der Waals surface area contributed by atoms with Crippen LogP contribution in [-0.2, 0) is 23.3 Å². The number of ether oxygens (including phenoxy) is 1. The summed E-state index contributed by atoms with van der Waals surface area (Å²) in [6.07, 6.45) is 6.87. The fraction of sp³-hybridized carbons (Fsp3) is 0.429. The number of pyridine rings is 1. The van der Waals surface area contributed by atoms with Gasteiger partial charge in [0, 0.05) is 36.8 Å². The lowest BCUT2D eigenvalue weighted by atomic mass is 10.0. The molecule has 2 aliphatic rings. The van der Waals surface area contributed by atoms with Gasteiger partial charge in [-0.25, -0.2) is 28.7 Å². The van der Waals surface area contributed by atoms with Gasteiger partial charge in [-0.1, -0.05) is 6.07 Å². The molecule has 0 bridgehead atoms. The summed E-state index contributed by atoms with van der Waals surface area (Å²) < 4.78 is 38.0. The largest absolute Gasteiger partial charge is 0.373 e. The number of nitrogens with one attached hydrogen (secondary N) is 1. The molecule has 5 heterocycles. The fourth-order valence-corrected chi connectivity index (χ4v) is 5.39. The number of hydrogen-bond acceptors (Lipinski definition) is 7. The van der Waals surface area contributed by atoms with Crippen molar-refractivity contribution in [1.29, 1.82) is 0 Å². The van der Waals surface area contributed by atoms with E-state index in [1.54, 1.807) is 12.3 Å². The Bertz CT molecular complexity index is 1480. The molecule has 38 heavy (non-hydrogen) atoms. The molecule has 4 aromatic rings. The van der Waals surface area contributed by atoms with E-state index in [0.29, 0.717) is 29.0 Å². The number of anilines is 2. The Morgan fingerprint density at radius 3 is 2.63 bits per heavy atom. The molecule has 10 heteroatoms. The van der Waals surface area contributed by atoms with Gasteiger partial charge >= 0.3 is 0 Å². The van der Waals surface area contributed by atoms with Gasteiger partial charge in [0.2, 0.25) is 5.95 Å². The number of hydrogen-bond donors (Lipinski definition) is 1. The molecule has 2 aliphatic heterocycles. The highest BCUT2D eigenvalue weighted by atomic mass is 19.1. The first-order chi connectivity index (χ1) is 18.3. The number of rotatable bonds is 6. The number of piperidine rings is 1. The highest BCUT2D eigenvalue weighted by Gasteiger charge is 2.33. The Hall–Kier alpha value is -3.50. The molecule has 6 rings (SSSR count). The van der Waals surface area contributed by atoms with Crippen LogP contribution in [0.25, 0.3) is 22.3 Å². The molecule has 0 amide bonds. The van der Waals surface area contributed by atoms with Crippen LogP contribution in [0.5, 0.6) is 0 Å². The second-order valence-corrected chi connectivity index (χ2v) is 10.9. The molecule has 0 atom stereocenters. The maximum atomic E-state index is 15.1. The topological polar surface area (TPSA) is 81.0 Å². The normalized spacial score (nSPS) is 17.7. The average molecular weight is 520 g/mol. The molecule has 198 valence electrons. The molecular formula is C28H31F2N7O. The van der Waals surface area contributed by atoms with Crippen molar-refractivity contribution < 1.29 is 13.5 Å². The first kappa shape index (κ1) is 24.8. The minimum absolute atomic E-state index is 0.0119. The van der Waals surface area contributed by atoms with E-state index < -0.39 is 11.6 Å². The molecule has 1 saturated heterocycles. The number of halogens is 2. The molecular weight excluding hydrogens is 488 g/mol. The third-order valence-corrected chi connectivity index (χ3v) is 7.58. The zero-order valence-electron chi connectivity index (χ0n) is 21.8. The second-order valence-electron chi connectivity index (χ2n) is 10.9. The zero-order valence-corrected chi connectivity index (χ0v) is 21.8. The van der Waals surface area contributed by atoms with Crippen LogP contribution < -0.4 is 5.32 Å². The van der Waals surface area contributed by atoms with Crippen LogP contribution in [-0.4, -0.2) is 55.6 Å². The summed E-state index contributed by atoms with van der Waals surface area (Å²) in [7, 11) is 2.13. The van der Waals surface area contributed by atoms with E-state index in [-0.39, 0.29) is 23.3 Å². The van der Waals surface area contributed by atoms with E-state index in [2.05, 4.69) is 55.6 Å². The standard InChI is InChI=1S/C28H31F2N7O/c1-28(2)9-6-24-34-26-20(29)12-18(13-22(26)37(24)28)25-21(30)15-32-27(35-25)33-23-5-4-17(14-31-23)16-38-19-7-10-36(3)11-8-19/h4-5,12-15,19H,6-11,16H2,1-3H3,(H,31,32,33,35). The van der Waals surface area contributed by atoms with Crippen molar-refractivity contribution in [1.82, 2.24) is 29.4 Å². The third-order valence-electron chi connectivity index (χ3n) is 7.58. The number of likely N-dealkylation sites (tertiary alicyclic amines) is 1. The van der Waals surface area contributed by atoms with Gasteiger partial charge in [0.05, 0.1) is 24.4 Å². The SMILES string of the molecule is CN1CCC(OCc2ccc(Nc3ncc(F)c(-c4cc(F)c5nc6n(c5c4)C(C)(C)CC6)n3)nc2)CC1. The molecule has 0 saturated carbocycles. The van der Waals surface area contributed by atoms with Crippen molar-refractivity contribution >= 4 is 22.8 Å². The number of fused-ring (bicyclic) bond motifs is 3. The Balaban J connectivity index is 1.20. The molecule has 8 nitrogen and oxygen atoms in total. The molecule has 1 aromatic carbocycles. The number of aromatic nitrogens is 5. The zero-order chi connectivity index (χ0) is 26.4. The number of imidazole rings is 1. The summed E-state index contributed by atoms with van der Waals surface area (Å²) in [5, 5.41) is 3.02. The van der Waals surface area contributed by atoms with Gasteiger partial charge in [-0.3, -0.25) is 0 Å². The lowest BCUT2D eigenvalue weighted by Crippen LogP contribution is -2.34. The van der Waals surface area contributed by atoms with Crippen LogP contribution in [0.3, 0.4) is 0 Å². The van der Waals surface area contributed by atoms with Crippen molar-refractivity contribution in [2.24, 2.45) is 0 Å². The van der Waals surface area contributed by atoms with E-state index in [1.807, 2.05) is 12.1 Å². The first-order valence-corrected chi connectivity index (χ1v) is 13.0. The Morgan fingerprint density at radius 2 is 1.87 bits per heavy atom. The highest BCUT2D eigenvalue weighted by molar-refractivity contribution is 5.83. The predicted molar refractivity (Wildman–Crippen MR) is 141 cm³/mol. The van der Waals surface area contributed by atoms with Gasteiger partial charge in [-0.15, -0.1) is 0 Å². The summed E-state index contributed by atoms with van der Waals surface area (Å²) in [4.78, 5) is 19.7. The van der Waals surface area contributed by atoms with E-state index in [9.17, 15) is 4.39 Å². The van der Waals surface area contributed by atoms with Crippen molar-refractivity contribution in [3.05, 3.63) is 59.7 Å². The third kappa shape index (κ3) is 4.74. The smallest absolute Gasteiger partial charge is 0.229 e. The monoisotopic (exact) mass is 519 g/mol. The van der Waals surface area contributed by atoms with Crippen LogP contribution in [0.15, 0.2) is 36.7 Å². The molecule has 0 spiro atoms. The van der Waals surface area contributed by atoms with Gasteiger partial charge in [-0.05, 0) is 63.9 Å². The molecule has 1 fully saturated rings. The van der Waals surface area contributed by atoms with Gasteiger partial charge in [0.1, 0.15) is 22.9 Å². The second kappa shape index (κ2) is 9.67. The summed E-state index contributed by atoms with van der Waals surface area (Å²) in [6.45, 7) is 6.80. The number of benzene rings is 1. The molecule has 0 radical (unpaired) electrons. The van der Waals surface area contributed by atoms with Crippen molar-refractivity contribution in [3.8, 4) is 11.3 Å². The van der Waals surface area contributed by atoms with Crippen molar-refractivity contribution in [3.63, 3.8) is 0 Å². The van der Waals surface area contributed by atoms with Crippen LogP contribution in [0.2, 0.25) is 0 Å². The Labute approximate surface area is 220 Å². The lowest BCUT2D eigenvalue weighted by molar-refractivity contribution is 0.00204. The molecule has 1 N–H and O–H groups in total. The summed E-state index contributed by atoms with van der Waals surface area (Å²) in [5.41, 5.74) is 2.06. The van der Waals surface area contributed by atoms with Gasteiger partial charge in [0.25, 0.3) is 0 Å². The maximum Gasteiger partial charge on any atom is 0.229 e. The fourth-order valence-electron chi connectivity index (χ4n) is 5.39. The maximum absolute atomic E-state index is 15.1. The van der Waals surface area contributed by atoms with Gasteiger partial charge in [-0.2, -0.15) is 0 Å². The highest BCUT2D eigenvalue weighted by Crippen LogP contribution is 2.38. The Morgan fingerprint density at radius 1 is 1.05 bits per heavy atom. The van der Waals surface area contributed by atoms with E-state index in [4.69, 9.17) is 4.74 Å². The molecule has 0 unspecified atom stereocenters. The molecule has 0 aliphatic carbocycles. The van der Waals surface area contributed by atoms with Crippen LogP contribution in [0.1, 0.15) is 44.5 Å². The predicted octanol–water partition coefficient (Wildman–Crippen LogP) is 5.20. The summed E-state index contributed by atoms with van der Waals surface area (Å²) >= 11 is 0. The number of aryl methyl sites for hydroxylation is 1. The number of nitrogens with zero attached hydrogens (tertiary/aromatic N) is 6. The van der Waals surface area contributed by atoms with Crippen LogP contribution in [0.4, 0.5) is 20.5 Å². The first-order valence-electron chi connectivity index (χ1n) is 13.0. The summed E-state index contributed by atoms with van der Waals surface area (Å²) in [6, 6.07) is 6.78. The van der Waals surface area contributed by atoms with E-state index >= 15 is 4.39 Å². The average Bonchev–Trinajstić information content (AvgIpc) is 3.43. The van der Waals surface area contributed by atoms with Crippen LogP contribution >= 0.6 is 0 Å². The van der Waals surface area contributed by atoms with E-state index in [0.717, 1.165) is 56.4 Å². The summed E-state index contributed by atoms with van der Waals surface area (Å²) in [5.74, 6) is 0.399. The Kier molecular flexibility index (Phi) is 6.31.